The Labute approximate surface area is 161 Å². The molecule has 1 atom stereocenters. The summed E-state index contributed by atoms with van der Waals surface area (Å²) >= 11 is 0. The van der Waals surface area contributed by atoms with E-state index in [1.807, 2.05) is 6.92 Å². The van der Waals surface area contributed by atoms with Gasteiger partial charge in [0.1, 0.15) is 0 Å². The van der Waals surface area contributed by atoms with E-state index in [9.17, 15) is 4.79 Å². The Morgan fingerprint density at radius 1 is 1.15 bits per heavy atom. The number of carbonyl (C=O) groups excluding carboxylic acids is 1. The summed E-state index contributed by atoms with van der Waals surface area (Å²) in [5.74, 6) is 0.225. The zero-order valence-corrected chi connectivity index (χ0v) is 17.9. The monoisotopic (exact) mass is 366 g/mol. The third kappa shape index (κ3) is 5.93. The average Bonchev–Trinajstić information content (AvgIpc) is 2.63. The number of nitrogens with zero attached hydrogens (tertiary/aromatic N) is 3. The molecule has 1 aliphatic carbocycles. The third-order valence-electron chi connectivity index (χ3n) is 6.91. The minimum atomic E-state index is 0.225. The lowest BCUT2D eigenvalue weighted by Gasteiger charge is -2.54. The van der Waals surface area contributed by atoms with Crippen molar-refractivity contribution in [3.05, 3.63) is 0 Å². The fraction of sp³-hybridized carbons (Fsp3) is 0.952. The van der Waals surface area contributed by atoms with E-state index in [2.05, 4.69) is 48.0 Å². The van der Waals surface area contributed by atoms with Crippen molar-refractivity contribution in [3.8, 4) is 0 Å². The molecule has 1 aliphatic heterocycles. The Kier molecular flexibility index (Phi) is 8.37. The lowest BCUT2D eigenvalue weighted by Crippen LogP contribution is -2.59. The average molecular weight is 367 g/mol. The molecule has 1 saturated carbocycles. The maximum atomic E-state index is 11.7. The van der Waals surface area contributed by atoms with Gasteiger partial charge in [0.2, 0.25) is 5.91 Å². The molecule has 1 amide bonds. The molecule has 1 N–H and O–H groups in total. The first-order valence-electron chi connectivity index (χ1n) is 10.8. The highest BCUT2D eigenvalue weighted by atomic mass is 16.1. The zero-order valence-electron chi connectivity index (χ0n) is 17.9. The van der Waals surface area contributed by atoms with Gasteiger partial charge in [-0.1, -0.05) is 6.92 Å². The van der Waals surface area contributed by atoms with E-state index < -0.39 is 0 Å². The Morgan fingerprint density at radius 2 is 1.85 bits per heavy atom. The minimum Gasteiger partial charge on any atom is -0.353 e. The molecule has 26 heavy (non-hydrogen) atoms. The normalized spacial score (nSPS) is 23.0. The van der Waals surface area contributed by atoms with E-state index in [0.717, 1.165) is 13.1 Å². The Bertz CT molecular complexity index is 432. The van der Waals surface area contributed by atoms with Gasteiger partial charge < -0.3 is 20.0 Å². The summed E-state index contributed by atoms with van der Waals surface area (Å²) < 4.78 is 0. The summed E-state index contributed by atoms with van der Waals surface area (Å²) in [5.41, 5.74) is 0.416. The standard InChI is InChI=1S/C21H42N4O/c1-6-20(26)22-19-8-9-21(19)10-14-25(15-11-21)13-7-12-23(4)16-17-24(5)18(2)3/h18-19H,6-17H2,1-5H3,(H,22,26). The van der Waals surface area contributed by atoms with Crippen LogP contribution in [0.2, 0.25) is 0 Å². The van der Waals surface area contributed by atoms with Crippen molar-refractivity contribution in [1.82, 2.24) is 20.0 Å². The Hall–Kier alpha value is -0.650. The number of carbonyl (C=O) groups is 1. The fourth-order valence-electron chi connectivity index (χ4n) is 4.30. The number of likely N-dealkylation sites (tertiary alicyclic amines) is 1. The molecule has 0 aromatic rings. The summed E-state index contributed by atoms with van der Waals surface area (Å²) in [6.07, 6.45) is 6.88. The van der Waals surface area contributed by atoms with Crippen molar-refractivity contribution in [1.29, 1.82) is 0 Å². The van der Waals surface area contributed by atoms with Crippen LogP contribution >= 0.6 is 0 Å². The van der Waals surface area contributed by atoms with Gasteiger partial charge >= 0.3 is 0 Å². The summed E-state index contributed by atoms with van der Waals surface area (Å²) in [6, 6.07) is 1.07. The second-order valence-electron chi connectivity index (χ2n) is 8.95. The highest BCUT2D eigenvalue weighted by molar-refractivity contribution is 5.76. The third-order valence-corrected chi connectivity index (χ3v) is 6.91. The van der Waals surface area contributed by atoms with Crippen LogP contribution in [-0.4, -0.2) is 86.1 Å². The number of rotatable bonds is 10. The van der Waals surface area contributed by atoms with Crippen LogP contribution in [0.1, 0.15) is 59.3 Å². The van der Waals surface area contributed by atoms with Gasteiger partial charge in [-0.25, -0.2) is 0 Å². The van der Waals surface area contributed by atoms with Gasteiger partial charge in [-0.3, -0.25) is 4.79 Å². The summed E-state index contributed by atoms with van der Waals surface area (Å²) in [7, 11) is 4.45. The molecule has 2 aliphatic rings. The van der Waals surface area contributed by atoms with E-state index in [-0.39, 0.29) is 5.91 Å². The molecular weight excluding hydrogens is 324 g/mol. The second kappa shape index (κ2) is 10.0. The van der Waals surface area contributed by atoms with Crippen molar-refractivity contribution in [2.75, 3.05) is 53.4 Å². The molecule has 0 aromatic heterocycles. The van der Waals surface area contributed by atoms with Gasteiger partial charge in [0, 0.05) is 31.6 Å². The van der Waals surface area contributed by atoms with Gasteiger partial charge in [0.05, 0.1) is 0 Å². The lowest BCUT2D eigenvalue weighted by atomic mass is 9.59. The molecular formula is C21H42N4O. The molecule has 1 unspecified atom stereocenters. The molecule has 1 heterocycles. The highest BCUT2D eigenvalue weighted by Crippen LogP contribution is 2.49. The predicted molar refractivity (Wildman–Crippen MR) is 109 cm³/mol. The van der Waals surface area contributed by atoms with Crippen LogP contribution in [0.25, 0.3) is 0 Å². The number of hydrogen-bond donors (Lipinski definition) is 1. The maximum Gasteiger partial charge on any atom is 0.219 e. The van der Waals surface area contributed by atoms with Crippen molar-refractivity contribution in [2.45, 2.75) is 71.4 Å². The van der Waals surface area contributed by atoms with Crippen molar-refractivity contribution >= 4 is 5.91 Å². The molecule has 0 radical (unpaired) electrons. The fourth-order valence-corrected chi connectivity index (χ4v) is 4.30. The molecule has 2 rings (SSSR count). The van der Waals surface area contributed by atoms with Crippen LogP contribution in [0.15, 0.2) is 0 Å². The van der Waals surface area contributed by atoms with Gasteiger partial charge in [0.25, 0.3) is 0 Å². The number of piperidine rings is 1. The quantitative estimate of drug-likeness (QED) is 0.644. The first-order valence-corrected chi connectivity index (χ1v) is 10.8. The first-order chi connectivity index (χ1) is 12.4. The van der Waals surface area contributed by atoms with E-state index in [4.69, 9.17) is 0 Å². The Balaban J connectivity index is 1.60. The smallest absolute Gasteiger partial charge is 0.219 e. The van der Waals surface area contributed by atoms with Crippen LogP contribution < -0.4 is 5.32 Å². The van der Waals surface area contributed by atoms with Gasteiger partial charge in [0.15, 0.2) is 0 Å². The van der Waals surface area contributed by atoms with Crippen molar-refractivity contribution < 1.29 is 4.79 Å². The molecule has 0 aromatic carbocycles. The van der Waals surface area contributed by atoms with E-state index in [0.29, 0.717) is 23.9 Å². The first kappa shape index (κ1) is 21.6. The highest BCUT2D eigenvalue weighted by Gasteiger charge is 2.48. The van der Waals surface area contributed by atoms with E-state index >= 15 is 0 Å². The molecule has 0 bridgehead atoms. The summed E-state index contributed by atoms with van der Waals surface area (Å²) in [5, 5.41) is 3.26. The van der Waals surface area contributed by atoms with Crippen LogP contribution in [0.5, 0.6) is 0 Å². The predicted octanol–water partition coefficient (Wildman–Crippen LogP) is 2.42. The molecule has 2 fully saturated rings. The van der Waals surface area contributed by atoms with Crippen LogP contribution in [0.3, 0.4) is 0 Å². The number of hydrogen-bond acceptors (Lipinski definition) is 4. The lowest BCUT2D eigenvalue weighted by molar-refractivity contribution is -0.125. The zero-order chi connectivity index (χ0) is 19.2. The summed E-state index contributed by atoms with van der Waals surface area (Å²) in [4.78, 5) is 19.2. The summed E-state index contributed by atoms with van der Waals surface area (Å²) in [6.45, 7) is 13.6. The largest absolute Gasteiger partial charge is 0.353 e. The van der Waals surface area contributed by atoms with E-state index in [1.165, 1.54) is 58.3 Å². The van der Waals surface area contributed by atoms with Gasteiger partial charge in [-0.2, -0.15) is 0 Å². The molecule has 152 valence electrons. The molecule has 5 nitrogen and oxygen atoms in total. The Morgan fingerprint density at radius 3 is 2.38 bits per heavy atom. The molecule has 5 heteroatoms. The van der Waals surface area contributed by atoms with Crippen molar-refractivity contribution in [2.24, 2.45) is 5.41 Å². The van der Waals surface area contributed by atoms with E-state index in [1.54, 1.807) is 0 Å². The minimum absolute atomic E-state index is 0.225. The topological polar surface area (TPSA) is 38.8 Å². The van der Waals surface area contributed by atoms with Crippen molar-refractivity contribution in [3.63, 3.8) is 0 Å². The number of likely N-dealkylation sites (N-methyl/N-ethyl adjacent to an activating group) is 2. The second-order valence-corrected chi connectivity index (χ2v) is 8.95. The van der Waals surface area contributed by atoms with Crippen LogP contribution in [-0.2, 0) is 4.79 Å². The van der Waals surface area contributed by atoms with Gasteiger partial charge in [-0.15, -0.1) is 0 Å². The van der Waals surface area contributed by atoms with Crippen LogP contribution in [0, 0.1) is 5.41 Å². The van der Waals surface area contributed by atoms with Gasteiger partial charge in [-0.05, 0) is 91.6 Å². The van der Waals surface area contributed by atoms with Crippen LogP contribution in [0.4, 0.5) is 0 Å². The maximum absolute atomic E-state index is 11.7. The molecule has 1 spiro atoms. The number of amides is 1. The SMILES string of the molecule is CCC(=O)NC1CCC12CCN(CCCN(C)CCN(C)C(C)C)CC2. The number of nitrogens with one attached hydrogen (secondary N) is 1. The molecule has 1 saturated heterocycles.